The fraction of sp³-hybridized carbons (Fsp3) is 1.00. The van der Waals surface area contributed by atoms with E-state index in [4.69, 9.17) is 5.73 Å². The summed E-state index contributed by atoms with van der Waals surface area (Å²) in [6.45, 7) is 8.12. The predicted octanol–water partition coefficient (Wildman–Crippen LogP) is 4.79. The maximum atomic E-state index is 5.49. The van der Waals surface area contributed by atoms with Gasteiger partial charge in [0.15, 0.2) is 0 Å². The molecule has 0 amide bonds. The van der Waals surface area contributed by atoms with Crippen molar-refractivity contribution >= 4 is 8.07 Å². The quantitative estimate of drug-likeness (QED) is 0.409. The molecule has 0 aromatic heterocycles. The Morgan fingerprint density at radius 3 is 1.56 bits per heavy atom. The predicted molar refractivity (Wildman–Crippen MR) is 78.8 cm³/mol. The van der Waals surface area contributed by atoms with E-state index in [-0.39, 0.29) is 0 Å². The lowest BCUT2D eigenvalue weighted by atomic mass is 10.1. The van der Waals surface area contributed by atoms with Crippen LogP contribution in [0.5, 0.6) is 0 Å². The van der Waals surface area contributed by atoms with Crippen molar-refractivity contribution in [2.45, 2.75) is 83.5 Å². The van der Waals surface area contributed by atoms with Gasteiger partial charge in [-0.15, -0.1) is 0 Å². The normalized spacial score (nSPS) is 12.0. The summed E-state index contributed by atoms with van der Waals surface area (Å²) in [5.74, 6) is 0. The van der Waals surface area contributed by atoms with Crippen LogP contribution in [0, 0.1) is 0 Å². The molecule has 0 aromatic rings. The van der Waals surface area contributed by atoms with E-state index >= 15 is 0 Å². The van der Waals surface area contributed by atoms with E-state index in [2.05, 4.69) is 20.8 Å². The summed E-state index contributed by atoms with van der Waals surface area (Å²) < 4.78 is 0. The second-order valence-corrected chi connectivity index (χ2v) is 10.8. The highest BCUT2D eigenvalue weighted by atomic mass is 28.3. The lowest BCUT2D eigenvalue weighted by Crippen LogP contribution is -2.30. The number of hydrogen-bond donors (Lipinski definition) is 1. The lowest BCUT2D eigenvalue weighted by Gasteiger charge is -2.28. The highest BCUT2D eigenvalue weighted by Gasteiger charge is 2.25. The van der Waals surface area contributed by atoms with Crippen LogP contribution in [-0.2, 0) is 0 Å². The van der Waals surface area contributed by atoms with Crippen LogP contribution in [0.1, 0.15) is 59.3 Å². The monoisotopic (exact) mass is 243 g/mol. The summed E-state index contributed by atoms with van der Waals surface area (Å²) in [7, 11) is -0.813. The first-order valence-electron chi connectivity index (χ1n) is 7.44. The Morgan fingerprint density at radius 1 is 0.688 bits per heavy atom. The van der Waals surface area contributed by atoms with Gasteiger partial charge in [-0.25, -0.2) is 0 Å². The zero-order valence-corrected chi connectivity index (χ0v) is 12.9. The van der Waals surface area contributed by atoms with Crippen LogP contribution in [0.15, 0.2) is 0 Å². The summed E-state index contributed by atoms with van der Waals surface area (Å²) in [5, 5.41) is 0. The summed E-state index contributed by atoms with van der Waals surface area (Å²) in [6, 6.07) is 6.06. The number of unbranched alkanes of at least 4 members (excludes halogenated alkanes) is 5. The van der Waals surface area contributed by atoms with Crippen molar-refractivity contribution in [3.63, 3.8) is 0 Å². The minimum Gasteiger partial charge on any atom is -0.330 e. The molecule has 0 bridgehead atoms. The maximum Gasteiger partial charge on any atom is 0.0527 e. The Balaban J connectivity index is 3.48. The first-order chi connectivity index (χ1) is 7.74. The molecule has 0 aromatic carbocycles. The SMILES string of the molecule is CC[Si](CC)(CC)CCCCCCCCN. The Bertz CT molecular complexity index is 135. The van der Waals surface area contributed by atoms with Crippen molar-refractivity contribution in [2.24, 2.45) is 5.73 Å². The molecule has 16 heavy (non-hydrogen) atoms. The number of nitrogens with two attached hydrogens (primary N) is 1. The molecule has 0 saturated carbocycles. The average molecular weight is 244 g/mol. The van der Waals surface area contributed by atoms with Crippen molar-refractivity contribution in [3.05, 3.63) is 0 Å². The van der Waals surface area contributed by atoms with Crippen molar-refractivity contribution in [2.75, 3.05) is 6.54 Å². The highest BCUT2D eigenvalue weighted by Crippen LogP contribution is 2.27. The minimum atomic E-state index is -0.813. The molecule has 0 unspecified atom stereocenters. The molecular formula is C14H33NSi. The Kier molecular flexibility index (Phi) is 10.5. The van der Waals surface area contributed by atoms with E-state index in [1.54, 1.807) is 6.04 Å². The van der Waals surface area contributed by atoms with Crippen molar-refractivity contribution in [1.82, 2.24) is 0 Å². The van der Waals surface area contributed by atoms with Gasteiger partial charge in [0, 0.05) is 0 Å². The van der Waals surface area contributed by atoms with Gasteiger partial charge in [-0.3, -0.25) is 0 Å². The molecule has 0 radical (unpaired) electrons. The molecule has 98 valence electrons. The lowest BCUT2D eigenvalue weighted by molar-refractivity contribution is 0.609. The third-order valence-electron chi connectivity index (χ3n) is 4.41. The second kappa shape index (κ2) is 10.3. The zero-order valence-electron chi connectivity index (χ0n) is 11.9. The summed E-state index contributed by atoms with van der Waals surface area (Å²) in [4.78, 5) is 0. The summed E-state index contributed by atoms with van der Waals surface area (Å²) in [5.41, 5.74) is 5.49. The molecule has 0 saturated heterocycles. The van der Waals surface area contributed by atoms with Crippen molar-refractivity contribution in [3.8, 4) is 0 Å². The largest absolute Gasteiger partial charge is 0.330 e. The van der Waals surface area contributed by atoms with Crippen LogP contribution in [-0.4, -0.2) is 14.6 Å². The third-order valence-corrected chi connectivity index (χ3v) is 10.3. The van der Waals surface area contributed by atoms with Gasteiger partial charge in [0.2, 0.25) is 0 Å². The van der Waals surface area contributed by atoms with Gasteiger partial charge in [0.25, 0.3) is 0 Å². The van der Waals surface area contributed by atoms with Gasteiger partial charge < -0.3 is 5.73 Å². The molecule has 0 aliphatic rings. The molecular weight excluding hydrogens is 210 g/mol. The van der Waals surface area contributed by atoms with Crippen LogP contribution in [0.4, 0.5) is 0 Å². The topological polar surface area (TPSA) is 26.0 Å². The van der Waals surface area contributed by atoms with E-state index in [9.17, 15) is 0 Å². The fourth-order valence-electron chi connectivity index (χ4n) is 2.63. The van der Waals surface area contributed by atoms with Gasteiger partial charge >= 0.3 is 0 Å². The van der Waals surface area contributed by atoms with E-state index in [0.29, 0.717) is 0 Å². The maximum absolute atomic E-state index is 5.49. The second-order valence-electron chi connectivity index (χ2n) is 5.22. The van der Waals surface area contributed by atoms with E-state index in [1.807, 2.05) is 0 Å². The van der Waals surface area contributed by atoms with Gasteiger partial charge in [-0.2, -0.15) is 0 Å². The molecule has 0 fully saturated rings. The Labute approximate surface area is 104 Å². The third kappa shape index (κ3) is 6.69. The summed E-state index contributed by atoms with van der Waals surface area (Å²) in [6.07, 6.45) is 8.34. The molecule has 0 atom stereocenters. The van der Waals surface area contributed by atoms with Gasteiger partial charge in [0.1, 0.15) is 0 Å². The van der Waals surface area contributed by atoms with Gasteiger partial charge in [-0.05, 0) is 13.0 Å². The number of hydrogen-bond acceptors (Lipinski definition) is 1. The molecule has 0 heterocycles. The molecule has 0 spiro atoms. The smallest absolute Gasteiger partial charge is 0.0527 e. The standard InChI is InChI=1S/C14H33NSi/c1-4-16(5-2,6-3)14-12-10-8-7-9-11-13-15/h4-15H2,1-3H3. The molecule has 0 aliphatic heterocycles. The molecule has 1 nitrogen and oxygen atoms in total. The van der Waals surface area contributed by atoms with E-state index < -0.39 is 8.07 Å². The molecule has 2 N–H and O–H groups in total. The van der Waals surface area contributed by atoms with Crippen LogP contribution >= 0.6 is 0 Å². The van der Waals surface area contributed by atoms with E-state index in [1.165, 1.54) is 56.7 Å². The van der Waals surface area contributed by atoms with Crippen LogP contribution < -0.4 is 5.73 Å². The van der Waals surface area contributed by atoms with Crippen LogP contribution in [0.3, 0.4) is 0 Å². The van der Waals surface area contributed by atoms with Gasteiger partial charge in [0.05, 0.1) is 8.07 Å². The Morgan fingerprint density at radius 2 is 1.12 bits per heavy atom. The summed E-state index contributed by atoms with van der Waals surface area (Å²) >= 11 is 0. The fourth-order valence-corrected chi connectivity index (χ4v) is 6.19. The first-order valence-corrected chi connectivity index (χ1v) is 10.3. The van der Waals surface area contributed by atoms with E-state index in [0.717, 1.165) is 6.54 Å². The minimum absolute atomic E-state index is 0.813. The van der Waals surface area contributed by atoms with Crippen LogP contribution in [0.25, 0.3) is 0 Å². The van der Waals surface area contributed by atoms with Crippen LogP contribution in [0.2, 0.25) is 24.2 Å². The first kappa shape index (κ1) is 16.2. The number of rotatable bonds is 11. The van der Waals surface area contributed by atoms with Crippen molar-refractivity contribution < 1.29 is 0 Å². The zero-order chi connectivity index (χ0) is 12.3. The molecule has 0 aliphatic carbocycles. The molecule has 0 rings (SSSR count). The average Bonchev–Trinajstić information content (AvgIpc) is 2.34. The van der Waals surface area contributed by atoms with Crippen molar-refractivity contribution in [1.29, 1.82) is 0 Å². The Hall–Kier alpha value is 0.177. The highest BCUT2D eigenvalue weighted by molar-refractivity contribution is 6.79. The molecule has 2 heteroatoms. The van der Waals surface area contributed by atoms with Gasteiger partial charge in [-0.1, -0.05) is 77.1 Å².